The second kappa shape index (κ2) is 7.79. The van der Waals surface area contributed by atoms with Crippen molar-refractivity contribution >= 4 is 27.6 Å². The molecule has 1 aromatic carbocycles. The summed E-state index contributed by atoms with van der Waals surface area (Å²) >= 11 is 0. The first-order chi connectivity index (χ1) is 10.3. The minimum Gasteiger partial charge on any atom is -0.462 e. The average Bonchev–Trinajstić information content (AvgIpc) is 2.47. The highest BCUT2D eigenvalue weighted by atomic mass is 32.2. The van der Waals surface area contributed by atoms with Crippen LogP contribution in [-0.2, 0) is 19.5 Å². The van der Waals surface area contributed by atoms with Gasteiger partial charge in [-0.05, 0) is 39.0 Å². The number of hydrogen-bond donors (Lipinski definition) is 1. The topological polar surface area (TPSA) is 98.8 Å². The molecule has 0 bridgehead atoms. The van der Waals surface area contributed by atoms with Gasteiger partial charge in [0.25, 0.3) is 0 Å². The minimum atomic E-state index is -3.61. The summed E-state index contributed by atoms with van der Waals surface area (Å²) in [6, 6.07) is 3.98. The number of ether oxygens (including phenoxy) is 2. The maximum atomic E-state index is 11.9. The predicted molar refractivity (Wildman–Crippen MR) is 81.4 cm³/mol. The van der Waals surface area contributed by atoms with Gasteiger partial charge in [0.1, 0.15) is 0 Å². The summed E-state index contributed by atoms with van der Waals surface area (Å²) in [5.74, 6) is -1.44. The average molecular weight is 329 g/mol. The lowest BCUT2D eigenvalue weighted by molar-refractivity contribution is 0.0512. The summed E-state index contributed by atoms with van der Waals surface area (Å²) in [5, 5.41) is 0. The Hall–Kier alpha value is -2.09. The molecule has 0 unspecified atom stereocenters. The van der Waals surface area contributed by atoms with Crippen LogP contribution in [0.25, 0.3) is 0 Å². The van der Waals surface area contributed by atoms with Crippen LogP contribution in [0.4, 0.5) is 5.69 Å². The summed E-state index contributed by atoms with van der Waals surface area (Å²) in [5.41, 5.74) is 0.168. The number of esters is 2. The molecule has 0 heterocycles. The number of carbonyl (C=O) groups excluding carboxylic acids is 2. The molecule has 0 amide bonds. The second-order valence-electron chi connectivity index (χ2n) is 4.21. The van der Waals surface area contributed by atoms with Crippen molar-refractivity contribution in [2.45, 2.75) is 20.8 Å². The van der Waals surface area contributed by atoms with Gasteiger partial charge in [-0.3, -0.25) is 4.72 Å². The molecule has 0 aliphatic carbocycles. The van der Waals surface area contributed by atoms with Gasteiger partial charge >= 0.3 is 11.9 Å². The summed E-state index contributed by atoms with van der Waals surface area (Å²) < 4.78 is 35.5. The third kappa shape index (κ3) is 4.73. The van der Waals surface area contributed by atoms with E-state index in [1.165, 1.54) is 25.1 Å². The molecule has 0 saturated carbocycles. The Bertz CT molecular complexity index is 653. The first-order valence-corrected chi connectivity index (χ1v) is 8.48. The van der Waals surface area contributed by atoms with Crippen molar-refractivity contribution in [2.75, 3.05) is 23.7 Å². The monoisotopic (exact) mass is 329 g/mol. The normalized spacial score (nSPS) is 10.9. The zero-order chi connectivity index (χ0) is 16.8. The first-order valence-electron chi connectivity index (χ1n) is 6.83. The Kier molecular flexibility index (Phi) is 6.36. The van der Waals surface area contributed by atoms with E-state index in [1.807, 2.05) is 0 Å². The van der Waals surface area contributed by atoms with Crippen LogP contribution in [0.1, 0.15) is 41.5 Å². The van der Waals surface area contributed by atoms with E-state index in [-0.39, 0.29) is 35.8 Å². The lowest BCUT2D eigenvalue weighted by Crippen LogP contribution is -2.18. The SMILES string of the molecule is CCOC(=O)c1ccc(C(=O)OCC)c(NS(=O)(=O)CC)c1. The number of hydrogen-bond acceptors (Lipinski definition) is 6. The molecule has 7 nitrogen and oxygen atoms in total. The van der Waals surface area contributed by atoms with E-state index in [0.717, 1.165) is 0 Å². The van der Waals surface area contributed by atoms with Crippen molar-refractivity contribution in [3.63, 3.8) is 0 Å². The van der Waals surface area contributed by atoms with Crippen molar-refractivity contribution in [2.24, 2.45) is 0 Å². The Morgan fingerprint density at radius 3 is 2.18 bits per heavy atom. The van der Waals surface area contributed by atoms with E-state index in [0.29, 0.717) is 0 Å². The van der Waals surface area contributed by atoms with E-state index >= 15 is 0 Å². The molecule has 0 radical (unpaired) electrons. The van der Waals surface area contributed by atoms with Crippen LogP contribution >= 0.6 is 0 Å². The van der Waals surface area contributed by atoms with Crippen LogP contribution in [0.2, 0.25) is 0 Å². The van der Waals surface area contributed by atoms with Gasteiger partial charge in [0.2, 0.25) is 10.0 Å². The highest BCUT2D eigenvalue weighted by Crippen LogP contribution is 2.21. The van der Waals surface area contributed by atoms with Crippen molar-refractivity contribution < 1.29 is 27.5 Å². The second-order valence-corrected chi connectivity index (χ2v) is 6.22. The molecule has 8 heteroatoms. The van der Waals surface area contributed by atoms with Crippen molar-refractivity contribution in [1.29, 1.82) is 0 Å². The number of carbonyl (C=O) groups is 2. The van der Waals surface area contributed by atoms with E-state index in [1.54, 1.807) is 13.8 Å². The highest BCUT2D eigenvalue weighted by Gasteiger charge is 2.19. The lowest BCUT2D eigenvalue weighted by Gasteiger charge is -2.12. The van der Waals surface area contributed by atoms with E-state index < -0.39 is 22.0 Å². The molecule has 0 saturated heterocycles. The standard InChI is InChI=1S/C14H19NO6S/c1-4-20-13(16)10-7-8-11(14(17)21-5-2)12(9-10)15-22(18,19)6-3/h7-9,15H,4-6H2,1-3H3. The quantitative estimate of drug-likeness (QED) is 0.766. The van der Waals surface area contributed by atoms with Crippen LogP contribution < -0.4 is 4.72 Å². The molecule has 22 heavy (non-hydrogen) atoms. The molecular weight excluding hydrogens is 310 g/mol. The number of benzene rings is 1. The van der Waals surface area contributed by atoms with Gasteiger partial charge in [-0.1, -0.05) is 0 Å². The van der Waals surface area contributed by atoms with Crippen molar-refractivity contribution in [3.8, 4) is 0 Å². The molecule has 0 atom stereocenters. The molecule has 0 aliphatic rings. The van der Waals surface area contributed by atoms with Crippen LogP contribution in [0.15, 0.2) is 18.2 Å². The Balaban J connectivity index is 3.27. The molecule has 0 aliphatic heterocycles. The fourth-order valence-corrected chi connectivity index (χ4v) is 2.24. The molecule has 0 spiro atoms. The molecular formula is C14H19NO6S. The van der Waals surface area contributed by atoms with Gasteiger partial charge in [-0.25, -0.2) is 18.0 Å². The third-order valence-electron chi connectivity index (χ3n) is 2.67. The molecule has 0 fully saturated rings. The third-order valence-corrected chi connectivity index (χ3v) is 3.96. The fraction of sp³-hybridized carbons (Fsp3) is 0.429. The Morgan fingerprint density at radius 1 is 1.05 bits per heavy atom. The van der Waals surface area contributed by atoms with Crippen LogP contribution in [0.3, 0.4) is 0 Å². The maximum Gasteiger partial charge on any atom is 0.340 e. The summed E-state index contributed by atoms with van der Waals surface area (Å²) in [6.45, 7) is 5.10. The van der Waals surface area contributed by atoms with Gasteiger partial charge in [0.15, 0.2) is 0 Å². The fourth-order valence-electron chi connectivity index (χ4n) is 1.60. The molecule has 1 rings (SSSR count). The van der Waals surface area contributed by atoms with E-state index in [4.69, 9.17) is 9.47 Å². The molecule has 122 valence electrons. The van der Waals surface area contributed by atoms with Crippen LogP contribution in [0, 0.1) is 0 Å². The van der Waals surface area contributed by atoms with Crippen LogP contribution in [0.5, 0.6) is 0 Å². The number of nitrogens with one attached hydrogen (secondary N) is 1. The Morgan fingerprint density at radius 2 is 1.64 bits per heavy atom. The Labute approximate surface area is 129 Å². The first kappa shape index (κ1) is 18.0. The predicted octanol–water partition coefficient (Wildman–Crippen LogP) is 1.80. The van der Waals surface area contributed by atoms with Gasteiger partial charge < -0.3 is 9.47 Å². The van der Waals surface area contributed by atoms with Gasteiger partial charge in [-0.2, -0.15) is 0 Å². The summed E-state index contributed by atoms with van der Waals surface area (Å²) in [7, 11) is -3.61. The van der Waals surface area contributed by atoms with Gasteiger partial charge in [0, 0.05) is 0 Å². The van der Waals surface area contributed by atoms with Crippen molar-refractivity contribution in [3.05, 3.63) is 29.3 Å². The molecule has 0 aromatic heterocycles. The van der Waals surface area contributed by atoms with E-state index in [2.05, 4.69) is 4.72 Å². The number of rotatable bonds is 7. The maximum absolute atomic E-state index is 11.9. The summed E-state index contributed by atoms with van der Waals surface area (Å²) in [4.78, 5) is 23.6. The zero-order valence-electron chi connectivity index (χ0n) is 12.7. The van der Waals surface area contributed by atoms with Gasteiger partial charge in [0.05, 0.1) is 35.8 Å². The van der Waals surface area contributed by atoms with Crippen LogP contribution in [-0.4, -0.2) is 39.3 Å². The molecule has 1 N–H and O–H groups in total. The summed E-state index contributed by atoms with van der Waals surface area (Å²) in [6.07, 6.45) is 0. The highest BCUT2D eigenvalue weighted by molar-refractivity contribution is 7.92. The largest absolute Gasteiger partial charge is 0.462 e. The number of anilines is 1. The van der Waals surface area contributed by atoms with Crippen molar-refractivity contribution in [1.82, 2.24) is 0 Å². The zero-order valence-corrected chi connectivity index (χ0v) is 13.5. The minimum absolute atomic E-state index is 0.00847. The number of sulfonamides is 1. The smallest absolute Gasteiger partial charge is 0.340 e. The lowest BCUT2D eigenvalue weighted by atomic mass is 10.1. The van der Waals surface area contributed by atoms with Gasteiger partial charge in [-0.15, -0.1) is 0 Å². The van der Waals surface area contributed by atoms with E-state index in [9.17, 15) is 18.0 Å². The molecule has 1 aromatic rings.